The Morgan fingerprint density at radius 2 is 2.10 bits per heavy atom. The van der Waals surface area contributed by atoms with E-state index in [-0.39, 0.29) is 11.5 Å². The summed E-state index contributed by atoms with van der Waals surface area (Å²) >= 11 is 0. The molecule has 0 atom stereocenters. The molecule has 0 amide bonds. The number of aromatic carboxylic acids is 1. The van der Waals surface area contributed by atoms with Gasteiger partial charge in [0, 0.05) is 25.3 Å². The number of hydrogen-bond acceptors (Lipinski definition) is 4. The summed E-state index contributed by atoms with van der Waals surface area (Å²) < 4.78 is 19.8. The molecule has 0 aliphatic heterocycles. The first kappa shape index (κ1) is 15.1. The zero-order chi connectivity index (χ0) is 15.2. The van der Waals surface area contributed by atoms with Crippen LogP contribution in [-0.4, -0.2) is 39.3 Å². The molecule has 2 aromatic rings. The van der Waals surface area contributed by atoms with E-state index < -0.39 is 5.97 Å². The van der Waals surface area contributed by atoms with Crippen LogP contribution in [0.15, 0.2) is 24.3 Å². The lowest BCUT2D eigenvalue weighted by atomic mass is 10.1. The Hall–Kier alpha value is -2.28. The molecule has 112 valence electrons. The molecule has 7 heteroatoms. The van der Waals surface area contributed by atoms with E-state index >= 15 is 0 Å². The largest absolute Gasteiger partial charge is 0.476 e. The first-order valence-corrected chi connectivity index (χ1v) is 6.64. The van der Waals surface area contributed by atoms with Crippen LogP contribution in [0.3, 0.4) is 0 Å². The number of halogens is 1. The zero-order valence-electron chi connectivity index (χ0n) is 11.6. The molecule has 0 saturated heterocycles. The molecule has 0 bridgehead atoms. The van der Waals surface area contributed by atoms with Gasteiger partial charge in [-0.25, -0.2) is 13.9 Å². The van der Waals surface area contributed by atoms with Crippen molar-refractivity contribution in [3.63, 3.8) is 0 Å². The minimum Gasteiger partial charge on any atom is -0.476 e. The number of carbonyl (C=O) groups is 1. The number of carboxylic acid groups (broad SMARTS) is 1. The third-order valence-corrected chi connectivity index (χ3v) is 2.92. The lowest BCUT2D eigenvalue weighted by Gasteiger charge is -2.07. The Bertz CT molecular complexity index is 610. The SMILES string of the molecule is CCOCCCn1nnc(C(=O)O)c1-c1ccc(F)cc1. The molecule has 0 fully saturated rings. The fraction of sp³-hybridized carbons (Fsp3) is 0.357. The van der Waals surface area contributed by atoms with Gasteiger partial charge in [0.2, 0.25) is 0 Å². The third kappa shape index (κ3) is 3.63. The van der Waals surface area contributed by atoms with Gasteiger partial charge in [-0.3, -0.25) is 0 Å². The molecule has 0 aliphatic carbocycles. The molecule has 6 nitrogen and oxygen atoms in total. The van der Waals surface area contributed by atoms with Crippen LogP contribution in [0.4, 0.5) is 4.39 Å². The van der Waals surface area contributed by atoms with Gasteiger partial charge in [-0.2, -0.15) is 0 Å². The van der Waals surface area contributed by atoms with Crippen LogP contribution >= 0.6 is 0 Å². The van der Waals surface area contributed by atoms with E-state index in [1.165, 1.54) is 28.9 Å². The second kappa shape index (κ2) is 6.94. The third-order valence-electron chi connectivity index (χ3n) is 2.92. The van der Waals surface area contributed by atoms with Gasteiger partial charge >= 0.3 is 5.97 Å². The molecular formula is C14H16FN3O3. The number of aryl methyl sites for hydroxylation is 1. The Morgan fingerprint density at radius 1 is 1.38 bits per heavy atom. The molecule has 1 aromatic heterocycles. The maximum absolute atomic E-state index is 13.0. The number of benzene rings is 1. The van der Waals surface area contributed by atoms with Gasteiger partial charge in [0.15, 0.2) is 5.69 Å². The molecule has 0 aliphatic rings. The second-order valence-electron chi connectivity index (χ2n) is 4.37. The van der Waals surface area contributed by atoms with E-state index in [1.54, 1.807) is 0 Å². The Balaban J connectivity index is 2.29. The van der Waals surface area contributed by atoms with Crippen molar-refractivity contribution in [3.05, 3.63) is 35.8 Å². The minimum absolute atomic E-state index is 0.141. The van der Waals surface area contributed by atoms with Crippen molar-refractivity contribution >= 4 is 5.97 Å². The van der Waals surface area contributed by atoms with Gasteiger partial charge < -0.3 is 9.84 Å². The Morgan fingerprint density at radius 3 is 2.71 bits per heavy atom. The molecule has 21 heavy (non-hydrogen) atoms. The summed E-state index contributed by atoms with van der Waals surface area (Å²) in [5, 5.41) is 16.8. The van der Waals surface area contributed by atoms with Gasteiger partial charge in [-0.15, -0.1) is 5.10 Å². The summed E-state index contributed by atoms with van der Waals surface area (Å²) in [5.74, 6) is -1.55. The smallest absolute Gasteiger partial charge is 0.358 e. The zero-order valence-corrected chi connectivity index (χ0v) is 11.6. The van der Waals surface area contributed by atoms with Crippen molar-refractivity contribution in [3.8, 4) is 11.3 Å². The first-order chi connectivity index (χ1) is 10.1. The molecule has 0 radical (unpaired) electrons. The van der Waals surface area contributed by atoms with Crippen LogP contribution in [-0.2, 0) is 11.3 Å². The van der Waals surface area contributed by atoms with Crippen LogP contribution in [0, 0.1) is 5.82 Å². The molecule has 1 aromatic carbocycles. The molecule has 1 N–H and O–H groups in total. The van der Waals surface area contributed by atoms with Crippen molar-refractivity contribution in [2.45, 2.75) is 19.9 Å². The van der Waals surface area contributed by atoms with Gasteiger partial charge in [-0.1, -0.05) is 5.21 Å². The van der Waals surface area contributed by atoms with Crippen LogP contribution in [0.2, 0.25) is 0 Å². The molecular weight excluding hydrogens is 277 g/mol. The van der Waals surface area contributed by atoms with Crippen molar-refractivity contribution in [1.82, 2.24) is 15.0 Å². The standard InChI is InChI=1S/C14H16FN3O3/c1-2-21-9-3-8-18-13(12(14(19)20)16-17-18)10-4-6-11(15)7-5-10/h4-7H,2-3,8-9H2,1H3,(H,19,20). The van der Waals surface area contributed by atoms with E-state index in [1.807, 2.05) is 6.92 Å². The number of nitrogens with zero attached hydrogens (tertiary/aromatic N) is 3. The lowest BCUT2D eigenvalue weighted by molar-refractivity contribution is 0.0691. The average molecular weight is 293 g/mol. The predicted molar refractivity (Wildman–Crippen MR) is 73.5 cm³/mol. The summed E-state index contributed by atoms with van der Waals surface area (Å²) in [6.45, 7) is 3.57. The first-order valence-electron chi connectivity index (χ1n) is 6.64. The second-order valence-corrected chi connectivity index (χ2v) is 4.37. The van der Waals surface area contributed by atoms with E-state index in [9.17, 15) is 14.3 Å². The van der Waals surface area contributed by atoms with Gasteiger partial charge in [0.25, 0.3) is 0 Å². The average Bonchev–Trinajstić information content (AvgIpc) is 2.88. The fourth-order valence-electron chi connectivity index (χ4n) is 1.97. The minimum atomic E-state index is -1.16. The number of hydrogen-bond donors (Lipinski definition) is 1. The van der Waals surface area contributed by atoms with E-state index in [0.717, 1.165) is 0 Å². The van der Waals surface area contributed by atoms with Gasteiger partial charge in [0.05, 0.1) is 0 Å². The van der Waals surface area contributed by atoms with Gasteiger partial charge in [0.1, 0.15) is 11.5 Å². The Labute approximate surface area is 121 Å². The van der Waals surface area contributed by atoms with Crippen LogP contribution < -0.4 is 0 Å². The summed E-state index contributed by atoms with van der Waals surface area (Å²) in [6, 6.07) is 5.58. The molecule has 0 spiro atoms. The summed E-state index contributed by atoms with van der Waals surface area (Å²) in [4.78, 5) is 11.2. The van der Waals surface area contributed by atoms with Crippen molar-refractivity contribution in [1.29, 1.82) is 0 Å². The highest BCUT2D eigenvalue weighted by molar-refractivity contribution is 5.92. The monoisotopic (exact) mass is 293 g/mol. The Kier molecular flexibility index (Phi) is 4.99. The highest BCUT2D eigenvalue weighted by Crippen LogP contribution is 2.23. The highest BCUT2D eigenvalue weighted by Gasteiger charge is 2.20. The molecule has 1 heterocycles. The molecule has 2 rings (SSSR count). The van der Waals surface area contributed by atoms with Gasteiger partial charge in [-0.05, 0) is 37.6 Å². The molecule has 0 unspecified atom stereocenters. The fourth-order valence-corrected chi connectivity index (χ4v) is 1.97. The summed E-state index contributed by atoms with van der Waals surface area (Å²) in [7, 11) is 0. The lowest BCUT2D eigenvalue weighted by Crippen LogP contribution is -2.07. The number of carboxylic acids is 1. The maximum Gasteiger partial charge on any atom is 0.358 e. The summed E-state index contributed by atoms with van der Waals surface area (Å²) in [5.41, 5.74) is 0.798. The number of ether oxygens (including phenoxy) is 1. The van der Waals surface area contributed by atoms with Crippen molar-refractivity contribution in [2.75, 3.05) is 13.2 Å². The topological polar surface area (TPSA) is 77.2 Å². The maximum atomic E-state index is 13.0. The van der Waals surface area contributed by atoms with E-state index in [0.29, 0.717) is 37.4 Å². The van der Waals surface area contributed by atoms with Crippen molar-refractivity contribution in [2.24, 2.45) is 0 Å². The van der Waals surface area contributed by atoms with Crippen LogP contribution in [0.1, 0.15) is 23.8 Å². The number of aromatic nitrogens is 3. The van der Waals surface area contributed by atoms with Crippen LogP contribution in [0.5, 0.6) is 0 Å². The normalized spacial score (nSPS) is 10.8. The molecule has 0 saturated carbocycles. The van der Waals surface area contributed by atoms with Crippen LogP contribution in [0.25, 0.3) is 11.3 Å². The van der Waals surface area contributed by atoms with E-state index in [4.69, 9.17) is 4.74 Å². The number of rotatable bonds is 7. The quantitative estimate of drug-likeness (QED) is 0.792. The van der Waals surface area contributed by atoms with Crippen molar-refractivity contribution < 1.29 is 19.0 Å². The summed E-state index contributed by atoms with van der Waals surface area (Å²) in [6.07, 6.45) is 0.685. The van der Waals surface area contributed by atoms with E-state index in [2.05, 4.69) is 10.3 Å². The highest BCUT2D eigenvalue weighted by atomic mass is 19.1. The predicted octanol–water partition coefficient (Wildman–Crippen LogP) is 2.21.